The Bertz CT molecular complexity index is 1330. The lowest BCUT2D eigenvalue weighted by molar-refractivity contribution is -0.384. The van der Waals surface area contributed by atoms with Gasteiger partial charge in [-0.1, -0.05) is 54.3 Å². The largest absolute Gasteiger partial charge is 0.457 e. The van der Waals surface area contributed by atoms with Gasteiger partial charge in [0.05, 0.1) is 9.83 Å². The Kier molecular flexibility index (Phi) is 8.09. The first-order chi connectivity index (χ1) is 17.4. The van der Waals surface area contributed by atoms with Gasteiger partial charge in [0, 0.05) is 30.8 Å². The molecule has 0 radical (unpaired) electrons. The number of nitrogens with one attached hydrogen (secondary N) is 1. The van der Waals surface area contributed by atoms with Crippen LogP contribution in [-0.4, -0.2) is 32.5 Å². The van der Waals surface area contributed by atoms with Gasteiger partial charge < -0.3 is 10.1 Å². The van der Waals surface area contributed by atoms with Gasteiger partial charge in [-0.05, 0) is 54.5 Å². The number of nitro groups is 1. The summed E-state index contributed by atoms with van der Waals surface area (Å²) in [7, 11) is 0. The van der Waals surface area contributed by atoms with Crippen molar-refractivity contribution in [2.24, 2.45) is 0 Å². The van der Waals surface area contributed by atoms with Crippen LogP contribution < -0.4 is 10.1 Å². The van der Waals surface area contributed by atoms with E-state index in [0.29, 0.717) is 33.6 Å². The molecule has 0 bridgehead atoms. The first-order valence-corrected chi connectivity index (χ1v) is 12.2. The summed E-state index contributed by atoms with van der Waals surface area (Å²) in [6.07, 6.45) is 2.36. The van der Waals surface area contributed by atoms with E-state index in [1.807, 2.05) is 54.6 Å². The fourth-order valence-electron chi connectivity index (χ4n) is 3.42. The quantitative estimate of drug-likeness (QED) is 0.160. The van der Waals surface area contributed by atoms with Crippen molar-refractivity contribution < 1.29 is 19.2 Å². The Balaban J connectivity index is 1.31. The molecule has 1 aliphatic heterocycles. The van der Waals surface area contributed by atoms with Crippen molar-refractivity contribution in [1.82, 2.24) is 4.90 Å². The second-order valence-electron chi connectivity index (χ2n) is 7.78. The molecule has 10 heteroatoms. The van der Waals surface area contributed by atoms with Crippen LogP contribution in [0.1, 0.15) is 18.4 Å². The molecule has 2 amide bonds. The summed E-state index contributed by atoms with van der Waals surface area (Å²) < 4.78 is 6.31. The van der Waals surface area contributed by atoms with Gasteiger partial charge in [-0.2, -0.15) is 0 Å². The summed E-state index contributed by atoms with van der Waals surface area (Å²) in [6, 6.07) is 22.5. The predicted octanol–water partition coefficient (Wildman–Crippen LogP) is 6.01. The van der Waals surface area contributed by atoms with E-state index in [-0.39, 0.29) is 23.9 Å². The number of carbonyl (C=O) groups is 2. The number of anilines is 1. The lowest BCUT2D eigenvalue weighted by Crippen LogP contribution is -2.29. The topological polar surface area (TPSA) is 102 Å². The molecule has 0 atom stereocenters. The third kappa shape index (κ3) is 6.55. The maximum Gasteiger partial charge on any atom is 0.269 e. The number of thioether (sulfide) groups is 1. The molecular weight excluding hydrogens is 498 g/mol. The number of thiocarbonyl (C=S) groups is 1. The fourth-order valence-corrected chi connectivity index (χ4v) is 4.73. The third-order valence-electron chi connectivity index (χ3n) is 5.16. The van der Waals surface area contributed by atoms with Crippen LogP contribution in [0.4, 0.5) is 11.4 Å². The van der Waals surface area contributed by atoms with Crippen molar-refractivity contribution in [2.75, 3.05) is 11.9 Å². The fraction of sp³-hybridized carbons (Fsp3) is 0.115. The standard InChI is InChI=1S/C26H21N3O5S2/c30-24(27-19-11-13-20(14-12-19)29(32)33)10-5-15-28-25(31)23(36-26(28)35)17-18-6-4-9-22(16-18)34-21-7-2-1-3-8-21/h1-4,6-9,11-14,16-17H,5,10,15H2,(H,27,30)/b23-17-. The molecule has 4 rings (SSSR count). The first kappa shape index (κ1) is 25.1. The van der Waals surface area contributed by atoms with E-state index in [4.69, 9.17) is 17.0 Å². The third-order valence-corrected chi connectivity index (χ3v) is 6.53. The van der Waals surface area contributed by atoms with Crippen molar-refractivity contribution in [1.29, 1.82) is 0 Å². The number of amides is 2. The summed E-state index contributed by atoms with van der Waals surface area (Å²) in [6.45, 7) is 0.312. The smallest absolute Gasteiger partial charge is 0.269 e. The lowest BCUT2D eigenvalue weighted by atomic mass is 10.2. The van der Waals surface area contributed by atoms with Crippen LogP contribution in [0.15, 0.2) is 83.8 Å². The number of benzene rings is 3. The average molecular weight is 520 g/mol. The zero-order valence-electron chi connectivity index (χ0n) is 19.0. The van der Waals surface area contributed by atoms with Crippen molar-refractivity contribution in [2.45, 2.75) is 12.8 Å². The molecule has 1 saturated heterocycles. The summed E-state index contributed by atoms with van der Waals surface area (Å²) in [5, 5.41) is 13.4. The number of nitrogens with zero attached hydrogens (tertiary/aromatic N) is 2. The van der Waals surface area contributed by atoms with Gasteiger partial charge in [-0.3, -0.25) is 24.6 Å². The molecule has 3 aromatic rings. The number of hydrogen-bond acceptors (Lipinski definition) is 7. The molecule has 36 heavy (non-hydrogen) atoms. The van der Waals surface area contributed by atoms with E-state index >= 15 is 0 Å². The minimum atomic E-state index is -0.502. The lowest BCUT2D eigenvalue weighted by Gasteiger charge is -2.14. The normalized spacial score (nSPS) is 14.2. The van der Waals surface area contributed by atoms with E-state index in [1.54, 1.807) is 6.08 Å². The van der Waals surface area contributed by atoms with E-state index in [1.165, 1.54) is 40.9 Å². The highest BCUT2D eigenvalue weighted by Crippen LogP contribution is 2.33. The number of non-ortho nitro benzene ring substituents is 1. The van der Waals surface area contributed by atoms with E-state index < -0.39 is 4.92 Å². The van der Waals surface area contributed by atoms with Gasteiger partial charge in [-0.25, -0.2) is 0 Å². The van der Waals surface area contributed by atoms with E-state index in [9.17, 15) is 19.7 Å². The van der Waals surface area contributed by atoms with Crippen LogP contribution in [0.3, 0.4) is 0 Å². The zero-order valence-corrected chi connectivity index (χ0v) is 20.6. The van der Waals surface area contributed by atoms with Crippen LogP contribution in [0.2, 0.25) is 0 Å². The number of ether oxygens (including phenoxy) is 1. The van der Waals surface area contributed by atoms with Gasteiger partial charge in [0.1, 0.15) is 15.8 Å². The molecule has 1 fully saturated rings. The maximum absolute atomic E-state index is 12.9. The van der Waals surface area contributed by atoms with E-state index in [0.717, 1.165) is 11.3 Å². The van der Waals surface area contributed by atoms with Crippen molar-refractivity contribution in [3.05, 3.63) is 99.4 Å². The molecule has 0 aliphatic carbocycles. The molecule has 3 aromatic carbocycles. The molecule has 0 unspecified atom stereocenters. The average Bonchev–Trinajstić information content (AvgIpc) is 3.12. The van der Waals surface area contributed by atoms with Crippen molar-refractivity contribution >= 4 is 57.6 Å². The van der Waals surface area contributed by atoms with Crippen LogP contribution in [-0.2, 0) is 9.59 Å². The molecule has 1 aliphatic rings. The summed E-state index contributed by atoms with van der Waals surface area (Å²) in [5.41, 5.74) is 1.23. The number of hydrogen-bond donors (Lipinski definition) is 1. The maximum atomic E-state index is 12.9. The Morgan fingerprint density at radius 3 is 2.50 bits per heavy atom. The van der Waals surface area contributed by atoms with E-state index in [2.05, 4.69) is 5.32 Å². The Morgan fingerprint density at radius 1 is 1.06 bits per heavy atom. The monoisotopic (exact) mass is 519 g/mol. The van der Waals surface area contributed by atoms with Crippen LogP contribution in [0.25, 0.3) is 6.08 Å². The highest BCUT2D eigenvalue weighted by molar-refractivity contribution is 8.26. The summed E-state index contributed by atoms with van der Waals surface area (Å²) in [5.74, 6) is 0.929. The summed E-state index contributed by atoms with van der Waals surface area (Å²) in [4.78, 5) is 37.4. The van der Waals surface area contributed by atoms with Crippen molar-refractivity contribution in [3.63, 3.8) is 0 Å². The molecule has 0 spiro atoms. The minimum absolute atomic E-state index is 0.0501. The molecule has 0 aromatic heterocycles. The number of rotatable bonds is 9. The highest BCUT2D eigenvalue weighted by Gasteiger charge is 2.31. The number of carbonyl (C=O) groups excluding carboxylic acids is 2. The zero-order chi connectivity index (χ0) is 25.5. The Morgan fingerprint density at radius 2 is 1.78 bits per heavy atom. The Labute approximate surface area is 217 Å². The minimum Gasteiger partial charge on any atom is -0.457 e. The molecule has 8 nitrogen and oxygen atoms in total. The van der Waals surface area contributed by atoms with Gasteiger partial charge in [0.25, 0.3) is 11.6 Å². The molecule has 182 valence electrons. The molecule has 1 N–H and O–H groups in total. The second-order valence-corrected chi connectivity index (χ2v) is 9.45. The van der Waals surface area contributed by atoms with Crippen molar-refractivity contribution in [3.8, 4) is 11.5 Å². The SMILES string of the molecule is O=C(CCCN1C(=O)/C(=C/c2cccc(Oc3ccccc3)c2)SC1=S)Nc1ccc([N+](=O)[O-])cc1. The first-order valence-electron chi connectivity index (χ1n) is 11.0. The predicted molar refractivity (Wildman–Crippen MR) is 144 cm³/mol. The van der Waals surface area contributed by atoms with Gasteiger partial charge >= 0.3 is 0 Å². The Hall–Kier alpha value is -4.02. The number of nitro benzene ring substituents is 1. The van der Waals surface area contributed by atoms with Crippen LogP contribution in [0.5, 0.6) is 11.5 Å². The molecule has 0 saturated carbocycles. The van der Waals surface area contributed by atoms with Gasteiger partial charge in [-0.15, -0.1) is 0 Å². The van der Waals surface area contributed by atoms with Crippen LogP contribution >= 0.6 is 24.0 Å². The highest BCUT2D eigenvalue weighted by atomic mass is 32.2. The second kappa shape index (κ2) is 11.6. The molecular formula is C26H21N3O5S2. The molecule has 1 heterocycles. The summed E-state index contributed by atoms with van der Waals surface area (Å²) >= 11 is 6.61. The van der Waals surface area contributed by atoms with Crippen LogP contribution in [0, 0.1) is 10.1 Å². The number of para-hydroxylation sites is 1. The van der Waals surface area contributed by atoms with Gasteiger partial charge in [0.2, 0.25) is 5.91 Å². The van der Waals surface area contributed by atoms with Gasteiger partial charge in [0.15, 0.2) is 0 Å².